The summed E-state index contributed by atoms with van der Waals surface area (Å²) in [6.07, 6.45) is 27.0. The average Bonchev–Trinajstić information content (AvgIpc) is 3.33. The van der Waals surface area contributed by atoms with Crippen LogP contribution in [-0.2, 0) is 38.0 Å². The quantitative estimate of drug-likeness (QED) is 0.0179. The Morgan fingerprint density at radius 3 is 1.47 bits per heavy atom. The zero-order valence-electron chi connectivity index (χ0n) is 41.6. The van der Waals surface area contributed by atoms with Gasteiger partial charge >= 0.3 is 11.9 Å². The lowest BCUT2D eigenvalue weighted by molar-refractivity contribution is -0.332. The molecular formula is C53H92O15. The molecule has 0 aliphatic carbocycles. The maximum absolute atomic E-state index is 13.0. The first kappa shape index (κ1) is 61.6. The van der Waals surface area contributed by atoms with E-state index in [4.69, 9.17) is 28.4 Å². The van der Waals surface area contributed by atoms with E-state index in [1.807, 2.05) is 0 Å². The van der Waals surface area contributed by atoms with E-state index in [0.717, 1.165) is 83.5 Å². The van der Waals surface area contributed by atoms with Crippen LogP contribution in [0.4, 0.5) is 0 Å². The van der Waals surface area contributed by atoms with Gasteiger partial charge in [0.25, 0.3) is 0 Å². The molecular weight excluding hydrogens is 877 g/mol. The fraction of sp³-hybridized carbons (Fsp3) is 0.811. The lowest BCUT2D eigenvalue weighted by atomic mass is 9.98. The van der Waals surface area contributed by atoms with Crippen molar-refractivity contribution in [3.63, 3.8) is 0 Å². The van der Waals surface area contributed by atoms with Crippen LogP contribution in [0.25, 0.3) is 0 Å². The summed E-state index contributed by atoms with van der Waals surface area (Å²) in [6.45, 7) is 2.45. The normalized spacial score (nSPS) is 26.1. The number of hydrogen-bond acceptors (Lipinski definition) is 15. The second kappa shape index (κ2) is 40.1. The summed E-state index contributed by atoms with van der Waals surface area (Å²) in [7, 11) is 0. The maximum Gasteiger partial charge on any atom is 0.306 e. The molecule has 2 aliphatic heterocycles. The number of allylic oxidation sites excluding steroid dienone is 8. The van der Waals surface area contributed by atoms with E-state index in [-0.39, 0.29) is 26.1 Å². The highest BCUT2D eigenvalue weighted by molar-refractivity contribution is 5.70. The van der Waals surface area contributed by atoms with Gasteiger partial charge < -0.3 is 64.2 Å². The molecule has 68 heavy (non-hydrogen) atoms. The van der Waals surface area contributed by atoms with E-state index in [2.05, 4.69) is 62.5 Å². The van der Waals surface area contributed by atoms with Crippen LogP contribution in [0.5, 0.6) is 0 Å². The van der Waals surface area contributed by atoms with E-state index in [0.29, 0.717) is 12.8 Å². The monoisotopic (exact) mass is 969 g/mol. The Morgan fingerprint density at radius 2 is 0.926 bits per heavy atom. The van der Waals surface area contributed by atoms with Crippen molar-refractivity contribution in [3.8, 4) is 0 Å². The second-order valence-corrected chi connectivity index (χ2v) is 18.3. The first-order valence-electron chi connectivity index (χ1n) is 26.2. The molecule has 15 nitrogen and oxygen atoms in total. The second-order valence-electron chi connectivity index (χ2n) is 18.3. The number of hydrogen-bond donors (Lipinski definition) is 7. The topological polar surface area (TPSA) is 231 Å². The predicted octanol–water partition coefficient (Wildman–Crippen LogP) is 7.49. The smallest absolute Gasteiger partial charge is 0.306 e. The van der Waals surface area contributed by atoms with Crippen LogP contribution >= 0.6 is 0 Å². The molecule has 2 rings (SSSR count). The molecule has 0 amide bonds. The Labute approximate surface area is 408 Å². The van der Waals surface area contributed by atoms with Crippen molar-refractivity contribution >= 4 is 11.9 Å². The minimum Gasteiger partial charge on any atom is -0.462 e. The minimum atomic E-state index is -1.77. The van der Waals surface area contributed by atoms with Crippen molar-refractivity contribution in [1.82, 2.24) is 0 Å². The molecule has 2 fully saturated rings. The zero-order valence-corrected chi connectivity index (χ0v) is 41.6. The van der Waals surface area contributed by atoms with Crippen LogP contribution in [0.15, 0.2) is 48.6 Å². The van der Waals surface area contributed by atoms with Crippen LogP contribution in [-0.4, -0.2) is 142 Å². The van der Waals surface area contributed by atoms with E-state index < -0.39 is 92.7 Å². The molecule has 0 bridgehead atoms. The summed E-state index contributed by atoms with van der Waals surface area (Å²) in [4.78, 5) is 25.8. The van der Waals surface area contributed by atoms with Crippen LogP contribution in [0.3, 0.4) is 0 Å². The predicted molar refractivity (Wildman–Crippen MR) is 261 cm³/mol. The van der Waals surface area contributed by atoms with Gasteiger partial charge in [0.1, 0.15) is 55.4 Å². The maximum atomic E-state index is 13.0. The summed E-state index contributed by atoms with van der Waals surface area (Å²) < 4.78 is 33.6. The molecule has 394 valence electrons. The van der Waals surface area contributed by atoms with E-state index >= 15 is 0 Å². The Bertz CT molecular complexity index is 1370. The molecule has 7 N–H and O–H groups in total. The van der Waals surface area contributed by atoms with Crippen LogP contribution in [0, 0.1) is 0 Å². The number of unbranched alkanes of at least 4 members (excludes halogenated alkanes) is 18. The third-order valence-corrected chi connectivity index (χ3v) is 12.3. The van der Waals surface area contributed by atoms with E-state index in [1.165, 1.54) is 57.8 Å². The van der Waals surface area contributed by atoms with Gasteiger partial charge in [-0.2, -0.15) is 0 Å². The number of esters is 2. The van der Waals surface area contributed by atoms with Crippen molar-refractivity contribution < 1.29 is 73.8 Å². The first-order valence-corrected chi connectivity index (χ1v) is 26.2. The summed E-state index contributed by atoms with van der Waals surface area (Å²) in [5, 5.41) is 72.1. The average molecular weight is 969 g/mol. The molecule has 2 saturated heterocycles. The summed E-state index contributed by atoms with van der Waals surface area (Å²) in [5.41, 5.74) is 0. The SMILES string of the molecule is CC/C=C/C/C=C/C/C=C/CCCCCCCC(=O)OC[C@H](CO[C@H]1O[C@@H](CO[C@H]2O[C@@H](CO)[C@@H](O)C(O)C2O)[C@@H](O)C(O)C1O)OC(=O)CCCCCCCCCCC/C=C/CCCCCC. The lowest BCUT2D eigenvalue weighted by Gasteiger charge is -2.42. The molecule has 0 aromatic rings. The number of aliphatic hydroxyl groups is 7. The van der Waals surface area contributed by atoms with Gasteiger partial charge in [-0.3, -0.25) is 9.59 Å². The van der Waals surface area contributed by atoms with Gasteiger partial charge in [0, 0.05) is 12.8 Å². The molecule has 2 aliphatic rings. The Kier molecular flexibility index (Phi) is 36.3. The molecule has 0 aromatic carbocycles. The van der Waals surface area contributed by atoms with Crippen LogP contribution < -0.4 is 0 Å². The molecule has 2 heterocycles. The van der Waals surface area contributed by atoms with Gasteiger partial charge in [-0.25, -0.2) is 0 Å². The zero-order chi connectivity index (χ0) is 49.6. The van der Waals surface area contributed by atoms with Gasteiger partial charge in [-0.05, 0) is 70.6 Å². The highest BCUT2D eigenvalue weighted by Gasteiger charge is 2.47. The fourth-order valence-electron chi connectivity index (χ4n) is 7.99. The Hall–Kier alpha value is -2.54. The summed E-state index contributed by atoms with van der Waals surface area (Å²) in [6, 6.07) is 0. The Balaban J connectivity index is 1.81. The molecule has 4 unspecified atom stereocenters. The fourth-order valence-corrected chi connectivity index (χ4v) is 7.99. The van der Waals surface area contributed by atoms with Crippen molar-refractivity contribution in [1.29, 1.82) is 0 Å². The number of carbonyl (C=O) groups excluding carboxylic acids is 2. The standard InChI is InChI=1S/C53H92O15/c1-3-5-7-9-11-13-15-17-19-20-22-24-26-28-30-32-34-36-45(56)66-41(38-63-44(55)35-33-31-29-27-25-23-21-18-16-14-12-10-8-6-4-2)39-64-52-51(62)49(60)47(58)43(68-52)40-65-53-50(61)48(59)46(57)42(37-54)67-53/h6,8,12-15,18,21,41-43,46-54,57-62H,3-5,7,9-11,16-17,19-20,22-40H2,1-2H3/b8-6+,14-12+,15-13+,21-18+/t41-,42+,43+,46-,47-,48?,49?,50?,51?,52+,53+/m1/s1. The highest BCUT2D eigenvalue weighted by Crippen LogP contribution is 2.26. The van der Waals surface area contributed by atoms with Crippen molar-refractivity contribution in [2.24, 2.45) is 0 Å². The largest absolute Gasteiger partial charge is 0.462 e. The van der Waals surface area contributed by atoms with Crippen LogP contribution in [0.1, 0.15) is 181 Å². The molecule has 0 aromatic heterocycles. The summed E-state index contributed by atoms with van der Waals surface area (Å²) in [5.74, 6) is -0.947. The molecule has 11 atom stereocenters. The van der Waals surface area contributed by atoms with Crippen molar-refractivity contribution in [2.75, 3.05) is 26.4 Å². The first-order chi connectivity index (χ1) is 33.0. The lowest BCUT2D eigenvalue weighted by Crippen LogP contribution is -2.61. The third-order valence-electron chi connectivity index (χ3n) is 12.3. The molecule has 0 saturated carbocycles. The number of ether oxygens (including phenoxy) is 6. The molecule has 0 spiro atoms. The third kappa shape index (κ3) is 27.7. The number of aliphatic hydroxyl groups excluding tert-OH is 7. The van der Waals surface area contributed by atoms with Gasteiger partial charge in [-0.15, -0.1) is 0 Å². The minimum absolute atomic E-state index is 0.158. The highest BCUT2D eigenvalue weighted by atomic mass is 16.7. The van der Waals surface area contributed by atoms with Gasteiger partial charge in [0.2, 0.25) is 0 Å². The van der Waals surface area contributed by atoms with Crippen molar-refractivity contribution in [3.05, 3.63) is 48.6 Å². The van der Waals surface area contributed by atoms with Crippen molar-refractivity contribution in [2.45, 2.75) is 248 Å². The van der Waals surface area contributed by atoms with E-state index in [9.17, 15) is 45.3 Å². The molecule has 15 heteroatoms. The number of carbonyl (C=O) groups is 2. The van der Waals surface area contributed by atoms with Crippen LogP contribution in [0.2, 0.25) is 0 Å². The summed E-state index contributed by atoms with van der Waals surface area (Å²) >= 11 is 0. The van der Waals surface area contributed by atoms with Gasteiger partial charge in [0.15, 0.2) is 18.7 Å². The number of rotatable bonds is 40. The molecule has 0 radical (unpaired) electrons. The van der Waals surface area contributed by atoms with E-state index in [1.54, 1.807) is 0 Å². The van der Waals surface area contributed by atoms with Gasteiger partial charge in [-0.1, -0.05) is 146 Å². The van der Waals surface area contributed by atoms with Gasteiger partial charge in [0.05, 0.1) is 19.8 Å². The Morgan fingerprint density at radius 1 is 0.485 bits per heavy atom.